The number of rotatable bonds is 3. The SMILES string of the molecule is O=C(O)N[C@@H]1C(=O)N[C@@H]1Cn1cncn1. The summed E-state index contributed by atoms with van der Waals surface area (Å²) in [6, 6.07) is -0.970. The Hall–Kier alpha value is -2.12. The number of carbonyl (C=O) groups is 2. The first kappa shape index (κ1) is 9.44. The Morgan fingerprint density at radius 3 is 3.07 bits per heavy atom. The largest absolute Gasteiger partial charge is 0.465 e. The van der Waals surface area contributed by atoms with Gasteiger partial charge in [0.1, 0.15) is 18.7 Å². The summed E-state index contributed by atoms with van der Waals surface area (Å²) in [5.41, 5.74) is 0. The van der Waals surface area contributed by atoms with E-state index in [1.807, 2.05) is 0 Å². The van der Waals surface area contributed by atoms with Crippen LogP contribution in [0.4, 0.5) is 4.79 Å². The van der Waals surface area contributed by atoms with Gasteiger partial charge in [0.2, 0.25) is 5.91 Å². The summed E-state index contributed by atoms with van der Waals surface area (Å²) in [6.45, 7) is 0.399. The Morgan fingerprint density at radius 2 is 2.53 bits per heavy atom. The van der Waals surface area contributed by atoms with Gasteiger partial charge in [0.25, 0.3) is 0 Å². The van der Waals surface area contributed by atoms with Crippen molar-refractivity contribution in [3.05, 3.63) is 12.7 Å². The summed E-state index contributed by atoms with van der Waals surface area (Å²) >= 11 is 0. The maximum atomic E-state index is 11.0. The van der Waals surface area contributed by atoms with Gasteiger partial charge in [0.05, 0.1) is 12.6 Å². The molecule has 1 fully saturated rings. The molecule has 1 aliphatic rings. The number of hydrogen-bond acceptors (Lipinski definition) is 4. The summed E-state index contributed by atoms with van der Waals surface area (Å²) in [5.74, 6) is -0.317. The first-order valence-corrected chi connectivity index (χ1v) is 4.29. The van der Waals surface area contributed by atoms with Crippen molar-refractivity contribution in [2.75, 3.05) is 0 Å². The number of carboxylic acid groups (broad SMARTS) is 1. The molecule has 1 aliphatic heterocycles. The lowest BCUT2D eigenvalue weighted by molar-refractivity contribution is -0.131. The van der Waals surface area contributed by atoms with Gasteiger partial charge in [-0.25, -0.2) is 9.78 Å². The second-order valence-corrected chi connectivity index (χ2v) is 3.16. The highest BCUT2D eigenvalue weighted by Gasteiger charge is 2.40. The van der Waals surface area contributed by atoms with Crippen molar-refractivity contribution in [2.24, 2.45) is 0 Å². The molecule has 2 amide bonds. The molecule has 0 unspecified atom stereocenters. The minimum absolute atomic E-state index is 0.268. The molecule has 2 rings (SSSR count). The lowest BCUT2D eigenvalue weighted by atomic mass is 9.99. The molecule has 3 N–H and O–H groups in total. The van der Waals surface area contributed by atoms with E-state index in [0.717, 1.165) is 0 Å². The molecular weight excluding hydrogens is 202 g/mol. The van der Waals surface area contributed by atoms with E-state index in [1.165, 1.54) is 17.3 Å². The first-order chi connectivity index (χ1) is 7.16. The quantitative estimate of drug-likeness (QED) is 0.522. The Kier molecular flexibility index (Phi) is 2.24. The van der Waals surface area contributed by atoms with Crippen LogP contribution in [0, 0.1) is 0 Å². The normalized spacial score (nSPS) is 24.1. The first-order valence-electron chi connectivity index (χ1n) is 4.29. The monoisotopic (exact) mass is 211 g/mol. The Bertz CT molecular complexity index is 376. The van der Waals surface area contributed by atoms with Gasteiger partial charge in [0, 0.05) is 0 Å². The van der Waals surface area contributed by atoms with E-state index in [9.17, 15) is 9.59 Å². The van der Waals surface area contributed by atoms with E-state index in [0.29, 0.717) is 6.54 Å². The van der Waals surface area contributed by atoms with Crippen molar-refractivity contribution in [2.45, 2.75) is 18.6 Å². The van der Waals surface area contributed by atoms with Gasteiger partial charge in [-0.05, 0) is 0 Å². The fourth-order valence-electron chi connectivity index (χ4n) is 1.42. The maximum absolute atomic E-state index is 11.0. The topological polar surface area (TPSA) is 109 Å². The number of carbonyl (C=O) groups excluding carboxylic acids is 1. The van der Waals surface area contributed by atoms with Crippen LogP contribution in [-0.2, 0) is 11.3 Å². The average molecular weight is 211 g/mol. The zero-order valence-electron chi connectivity index (χ0n) is 7.62. The minimum atomic E-state index is -1.21. The summed E-state index contributed by atoms with van der Waals surface area (Å²) in [6.07, 6.45) is 1.67. The van der Waals surface area contributed by atoms with E-state index < -0.39 is 12.1 Å². The molecule has 1 aromatic rings. The average Bonchev–Trinajstić information content (AvgIpc) is 2.66. The van der Waals surface area contributed by atoms with Crippen molar-refractivity contribution in [1.29, 1.82) is 0 Å². The predicted molar refractivity (Wildman–Crippen MR) is 46.9 cm³/mol. The third-order valence-electron chi connectivity index (χ3n) is 2.14. The van der Waals surface area contributed by atoms with E-state index >= 15 is 0 Å². The zero-order chi connectivity index (χ0) is 10.8. The molecule has 2 heterocycles. The molecule has 1 aromatic heterocycles. The molecule has 0 aromatic carbocycles. The molecule has 0 radical (unpaired) electrons. The number of β-lactam (4-membered cyclic amide) rings is 1. The highest BCUT2D eigenvalue weighted by molar-refractivity contribution is 5.91. The second-order valence-electron chi connectivity index (χ2n) is 3.16. The van der Waals surface area contributed by atoms with E-state index in [1.54, 1.807) is 0 Å². The molecule has 8 nitrogen and oxygen atoms in total. The van der Waals surface area contributed by atoms with Crippen LogP contribution in [0.5, 0.6) is 0 Å². The molecule has 1 saturated heterocycles. The summed E-state index contributed by atoms with van der Waals surface area (Å²) < 4.78 is 1.53. The number of amides is 2. The van der Waals surface area contributed by atoms with Crippen LogP contribution in [0.3, 0.4) is 0 Å². The van der Waals surface area contributed by atoms with Crippen molar-refractivity contribution in [1.82, 2.24) is 25.4 Å². The van der Waals surface area contributed by atoms with Crippen LogP contribution in [0.25, 0.3) is 0 Å². The lowest BCUT2D eigenvalue weighted by Gasteiger charge is -2.35. The van der Waals surface area contributed by atoms with Crippen LogP contribution in [-0.4, -0.2) is 44.0 Å². The van der Waals surface area contributed by atoms with Crippen molar-refractivity contribution in [3.8, 4) is 0 Å². The van der Waals surface area contributed by atoms with E-state index in [2.05, 4.69) is 20.7 Å². The predicted octanol–water partition coefficient (Wildman–Crippen LogP) is -1.59. The highest BCUT2D eigenvalue weighted by atomic mass is 16.4. The third-order valence-corrected chi connectivity index (χ3v) is 2.14. The Morgan fingerprint density at radius 1 is 1.73 bits per heavy atom. The van der Waals surface area contributed by atoms with Gasteiger partial charge in [-0.2, -0.15) is 5.10 Å². The molecule has 8 heteroatoms. The van der Waals surface area contributed by atoms with Crippen LogP contribution >= 0.6 is 0 Å². The molecule has 2 atom stereocenters. The molecule has 0 saturated carbocycles. The second kappa shape index (κ2) is 3.56. The van der Waals surface area contributed by atoms with Crippen molar-refractivity contribution < 1.29 is 14.7 Å². The van der Waals surface area contributed by atoms with Crippen LogP contribution in [0.2, 0.25) is 0 Å². The van der Waals surface area contributed by atoms with Gasteiger partial charge in [-0.1, -0.05) is 0 Å². The van der Waals surface area contributed by atoms with Gasteiger partial charge in [-0.3, -0.25) is 9.48 Å². The Labute approximate surface area is 84.3 Å². The maximum Gasteiger partial charge on any atom is 0.405 e. The molecule has 15 heavy (non-hydrogen) atoms. The fourth-order valence-corrected chi connectivity index (χ4v) is 1.42. The minimum Gasteiger partial charge on any atom is -0.465 e. The fraction of sp³-hybridized carbons (Fsp3) is 0.429. The molecule has 80 valence electrons. The van der Waals surface area contributed by atoms with E-state index in [4.69, 9.17) is 5.11 Å². The van der Waals surface area contributed by atoms with Crippen LogP contribution in [0.1, 0.15) is 0 Å². The zero-order valence-corrected chi connectivity index (χ0v) is 7.62. The lowest BCUT2D eigenvalue weighted by Crippen LogP contribution is -2.70. The number of hydrogen-bond donors (Lipinski definition) is 3. The van der Waals surface area contributed by atoms with Crippen LogP contribution in [0.15, 0.2) is 12.7 Å². The third kappa shape index (κ3) is 1.87. The highest BCUT2D eigenvalue weighted by Crippen LogP contribution is 2.08. The van der Waals surface area contributed by atoms with Gasteiger partial charge >= 0.3 is 6.09 Å². The molecule has 0 bridgehead atoms. The number of aromatic nitrogens is 3. The molecule has 0 spiro atoms. The standard InChI is InChI=1S/C7H9N5O3/c13-6-5(11-7(14)15)4(10-6)1-12-3-8-2-9-12/h2-5,11H,1H2,(H,10,13)(H,14,15)/t4-,5+/m1/s1. The van der Waals surface area contributed by atoms with Crippen molar-refractivity contribution >= 4 is 12.0 Å². The van der Waals surface area contributed by atoms with Gasteiger partial charge in [-0.15, -0.1) is 0 Å². The molecular formula is C7H9N5O3. The summed E-state index contributed by atoms with van der Waals surface area (Å²) in [5, 5.41) is 17.1. The summed E-state index contributed by atoms with van der Waals surface area (Å²) in [4.78, 5) is 25.1. The van der Waals surface area contributed by atoms with Crippen molar-refractivity contribution in [3.63, 3.8) is 0 Å². The summed E-state index contributed by atoms with van der Waals surface area (Å²) in [7, 11) is 0. The number of nitrogens with zero attached hydrogens (tertiary/aromatic N) is 3. The van der Waals surface area contributed by atoms with Crippen LogP contribution < -0.4 is 10.6 Å². The number of nitrogens with one attached hydrogen (secondary N) is 2. The van der Waals surface area contributed by atoms with Gasteiger partial charge < -0.3 is 15.7 Å². The Balaban J connectivity index is 1.94. The van der Waals surface area contributed by atoms with E-state index in [-0.39, 0.29) is 11.9 Å². The van der Waals surface area contributed by atoms with Gasteiger partial charge in [0.15, 0.2) is 0 Å². The molecule has 0 aliphatic carbocycles. The smallest absolute Gasteiger partial charge is 0.405 e.